The van der Waals surface area contributed by atoms with Gasteiger partial charge >= 0.3 is 0 Å². The Morgan fingerprint density at radius 3 is 2.53 bits per heavy atom. The SMILES string of the molecule is Cc1nn(C)c(C)c1-c1cccc(N)n1. The third-order valence-electron chi connectivity index (χ3n) is 2.54. The molecule has 0 saturated heterocycles. The van der Waals surface area contributed by atoms with Crippen molar-refractivity contribution in [1.29, 1.82) is 0 Å². The second-order valence-electron chi connectivity index (χ2n) is 3.62. The van der Waals surface area contributed by atoms with Crippen molar-refractivity contribution >= 4 is 5.82 Å². The molecule has 0 unspecified atom stereocenters. The monoisotopic (exact) mass is 202 g/mol. The molecule has 0 aliphatic carbocycles. The molecule has 78 valence electrons. The van der Waals surface area contributed by atoms with Crippen LogP contribution in [0.2, 0.25) is 0 Å². The van der Waals surface area contributed by atoms with Gasteiger partial charge in [0.15, 0.2) is 0 Å². The summed E-state index contributed by atoms with van der Waals surface area (Å²) in [6, 6.07) is 5.64. The van der Waals surface area contributed by atoms with E-state index in [9.17, 15) is 0 Å². The highest BCUT2D eigenvalue weighted by molar-refractivity contribution is 5.65. The van der Waals surface area contributed by atoms with Gasteiger partial charge in [0, 0.05) is 18.3 Å². The minimum absolute atomic E-state index is 0.537. The largest absolute Gasteiger partial charge is 0.384 e. The standard InChI is InChI=1S/C11H14N4/c1-7-11(8(2)15(3)14-7)9-5-4-6-10(12)13-9/h4-6H,1-3H3,(H2,12,13). The first-order valence-corrected chi connectivity index (χ1v) is 4.82. The molecule has 0 bridgehead atoms. The number of anilines is 1. The van der Waals surface area contributed by atoms with Gasteiger partial charge in [0.2, 0.25) is 0 Å². The average Bonchev–Trinajstić information content (AvgIpc) is 2.41. The van der Waals surface area contributed by atoms with Gasteiger partial charge in [-0.1, -0.05) is 6.07 Å². The lowest BCUT2D eigenvalue weighted by molar-refractivity contribution is 0.731. The molecule has 0 aromatic carbocycles. The first-order valence-electron chi connectivity index (χ1n) is 4.82. The average molecular weight is 202 g/mol. The maximum atomic E-state index is 5.66. The van der Waals surface area contributed by atoms with Gasteiger partial charge in [0.25, 0.3) is 0 Å². The maximum Gasteiger partial charge on any atom is 0.124 e. The van der Waals surface area contributed by atoms with Crippen LogP contribution in [-0.4, -0.2) is 14.8 Å². The molecule has 2 aromatic heterocycles. The van der Waals surface area contributed by atoms with E-state index in [0.29, 0.717) is 5.82 Å². The van der Waals surface area contributed by atoms with Crippen LogP contribution in [0.15, 0.2) is 18.2 Å². The van der Waals surface area contributed by atoms with Crippen molar-refractivity contribution in [3.8, 4) is 11.3 Å². The van der Waals surface area contributed by atoms with Crippen LogP contribution in [0, 0.1) is 13.8 Å². The highest BCUT2D eigenvalue weighted by Gasteiger charge is 2.12. The molecule has 2 N–H and O–H groups in total. The third-order valence-corrected chi connectivity index (χ3v) is 2.54. The van der Waals surface area contributed by atoms with E-state index in [1.165, 1.54) is 0 Å². The van der Waals surface area contributed by atoms with Crippen LogP contribution in [0.4, 0.5) is 5.82 Å². The quantitative estimate of drug-likeness (QED) is 0.765. The van der Waals surface area contributed by atoms with Crippen LogP contribution < -0.4 is 5.73 Å². The number of aromatic nitrogens is 3. The van der Waals surface area contributed by atoms with E-state index in [2.05, 4.69) is 10.1 Å². The van der Waals surface area contributed by atoms with Crippen LogP contribution in [0.5, 0.6) is 0 Å². The zero-order valence-corrected chi connectivity index (χ0v) is 9.15. The highest BCUT2D eigenvalue weighted by Crippen LogP contribution is 2.24. The summed E-state index contributed by atoms with van der Waals surface area (Å²) in [5.41, 5.74) is 9.71. The fraction of sp³-hybridized carbons (Fsp3) is 0.273. The second-order valence-corrected chi connectivity index (χ2v) is 3.62. The molecular formula is C11H14N4. The van der Waals surface area contributed by atoms with Gasteiger partial charge in [-0.3, -0.25) is 4.68 Å². The maximum absolute atomic E-state index is 5.66. The smallest absolute Gasteiger partial charge is 0.124 e. The van der Waals surface area contributed by atoms with Crippen molar-refractivity contribution in [3.63, 3.8) is 0 Å². The van der Waals surface area contributed by atoms with E-state index in [4.69, 9.17) is 5.73 Å². The van der Waals surface area contributed by atoms with Crippen molar-refractivity contribution in [1.82, 2.24) is 14.8 Å². The Bertz CT molecular complexity index is 499. The van der Waals surface area contributed by atoms with Crippen molar-refractivity contribution in [2.75, 3.05) is 5.73 Å². The zero-order valence-electron chi connectivity index (χ0n) is 9.15. The number of aryl methyl sites for hydroxylation is 2. The van der Waals surface area contributed by atoms with Gasteiger partial charge in [0.05, 0.1) is 11.4 Å². The molecule has 2 heterocycles. The summed E-state index contributed by atoms with van der Waals surface area (Å²) in [6.45, 7) is 4.01. The summed E-state index contributed by atoms with van der Waals surface area (Å²) in [5.74, 6) is 0.537. The Hall–Kier alpha value is -1.84. The Labute approximate surface area is 88.8 Å². The molecule has 4 nitrogen and oxygen atoms in total. The Kier molecular flexibility index (Phi) is 2.19. The summed E-state index contributed by atoms with van der Waals surface area (Å²) in [5, 5.41) is 4.35. The van der Waals surface area contributed by atoms with E-state index in [1.807, 2.05) is 37.7 Å². The molecular weight excluding hydrogens is 188 g/mol. The van der Waals surface area contributed by atoms with Crippen LogP contribution in [-0.2, 0) is 7.05 Å². The number of nitrogens with zero attached hydrogens (tertiary/aromatic N) is 3. The lowest BCUT2D eigenvalue weighted by atomic mass is 10.1. The lowest BCUT2D eigenvalue weighted by Crippen LogP contribution is -1.94. The van der Waals surface area contributed by atoms with Crippen LogP contribution in [0.1, 0.15) is 11.4 Å². The fourth-order valence-corrected chi connectivity index (χ4v) is 1.74. The van der Waals surface area contributed by atoms with Gasteiger partial charge in [-0.2, -0.15) is 5.10 Å². The fourth-order valence-electron chi connectivity index (χ4n) is 1.74. The number of hydrogen-bond donors (Lipinski definition) is 1. The minimum Gasteiger partial charge on any atom is -0.384 e. The second kappa shape index (κ2) is 3.38. The minimum atomic E-state index is 0.537. The molecule has 0 saturated carbocycles. The van der Waals surface area contributed by atoms with E-state index >= 15 is 0 Å². The predicted molar refractivity (Wildman–Crippen MR) is 60.3 cm³/mol. The first kappa shape index (κ1) is 9.71. The molecule has 0 spiro atoms. The lowest BCUT2D eigenvalue weighted by Gasteiger charge is -2.02. The number of pyridine rings is 1. The normalized spacial score (nSPS) is 10.6. The third kappa shape index (κ3) is 1.58. The van der Waals surface area contributed by atoms with Crippen molar-refractivity contribution in [2.45, 2.75) is 13.8 Å². The van der Waals surface area contributed by atoms with E-state index in [-0.39, 0.29) is 0 Å². The number of rotatable bonds is 1. The molecule has 2 rings (SSSR count). The van der Waals surface area contributed by atoms with Gasteiger partial charge in [-0.15, -0.1) is 0 Å². The highest BCUT2D eigenvalue weighted by atomic mass is 15.3. The van der Waals surface area contributed by atoms with Crippen LogP contribution in [0.25, 0.3) is 11.3 Å². The molecule has 4 heteroatoms. The summed E-state index contributed by atoms with van der Waals surface area (Å²) >= 11 is 0. The summed E-state index contributed by atoms with van der Waals surface area (Å²) in [4.78, 5) is 4.30. The number of hydrogen-bond acceptors (Lipinski definition) is 3. The summed E-state index contributed by atoms with van der Waals surface area (Å²) in [7, 11) is 1.93. The van der Waals surface area contributed by atoms with Crippen molar-refractivity contribution in [3.05, 3.63) is 29.6 Å². The van der Waals surface area contributed by atoms with Gasteiger partial charge in [0.1, 0.15) is 5.82 Å². The molecule has 0 fully saturated rings. The van der Waals surface area contributed by atoms with E-state index in [1.54, 1.807) is 6.07 Å². The van der Waals surface area contributed by atoms with Crippen molar-refractivity contribution in [2.24, 2.45) is 7.05 Å². The van der Waals surface area contributed by atoms with Crippen LogP contribution >= 0.6 is 0 Å². The molecule has 15 heavy (non-hydrogen) atoms. The van der Waals surface area contributed by atoms with Crippen molar-refractivity contribution < 1.29 is 0 Å². The Morgan fingerprint density at radius 1 is 1.27 bits per heavy atom. The first-order chi connectivity index (χ1) is 7.09. The van der Waals surface area contributed by atoms with Crippen LogP contribution in [0.3, 0.4) is 0 Å². The molecule has 0 radical (unpaired) electrons. The molecule has 0 aliphatic heterocycles. The van der Waals surface area contributed by atoms with Gasteiger partial charge < -0.3 is 5.73 Å². The van der Waals surface area contributed by atoms with Gasteiger partial charge in [-0.25, -0.2) is 4.98 Å². The molecule has 2 aromatic rings. The summed E-state index contributed by atoms with van der Waals surface area (Å²) < 4.78 is 1.86. The Balaban J connectivity index is 2.63. The van der Waals surface area contributed by atoms with Gasteiger partial charge in [-0.05, 0) is 26.0 Å². The van der Waals surface area contributed by atoms with E-state index in [0.717, 1.165) is 22.6 Å². The molecule has 0 aliphatic rings. The number of nitrogens with two attached hydrogens (primary N) is 1. The Morgan fingerprint density at radius 2 is 2.00 bits per heavy atom. The predicted octanol–water partition coefficient (Wildman–Crippen LogP) is 1.68. The summed E-state index contributed by atoms with van der Waals surface area (Å²) in [6.07, 6.45) is 0. The number of nitrogen functional groups attached to an aromatic ring is 1. The topological polar surface area (TPSA) is 56.7 Å². The van der Waals surface area contributed by atoms with E-state index < -0.39 is 0 Å². The molecule has 0 amide bonds. The zero-order chi connectivity index (χ0) is 11.0. The molecule has 0 atom stereocenters.